The quantitative estimate of drug-likeness (QED) is 0.366. The third-order valence-corrected chi connectivity index (χ3v) is 5.07. The summed E-state index contributed by atoms with van der Waals surface area (Å²) in [5.41, 5.74) is 7.12. The Kier molecular flexibility index (Phi) is 5.68. The predicted molar refractivity (Wildman–Crippen MR) is 114 cm³/mol. The van der Waals surface area contributed by atoms with Gasteiger partial charge in [-0.25, -0.2) is 10.5 Å². The number of nitrogens with one attached hydrogen (secondary N) is 1. The van der Waals surface area contributed by atoms with Crippen molar-refractivity contribution in [1.82, 2.24) is 15.0 Å². The standard InChI is InChI=1S/C24H23N3O2/c28-23(26-29)14-13-19-9-6-10-20(17-19)24-25-21-11-4-5-12-22(21)27(24)16-15-18-7-2-1-3-8-18/h1-12,17,29H,13-16H2,(H,26,28). The number of benzene rings is 3. The van der Waals surface area contributed by atoms with Gasteiger partial charge in [-0.2, -0.15) is 0 Å². The Morgan fingerprint density at radius 1 is 0.897 bits per heavy atom. The number of aryl methyl sites for hydroxylation is 3. The van der Waals surface area contributed by atoms with Crippen molar-refractivity contribution >= 4 is 16.9 Å². The fourth-order valence-corrected chi connectivity index (χ4v) is 3.59. The fourth-order valence-electron chi connectivity index (χ4n) is 3.59. The number of aromatic nitrogens is 2. The van der Waals surface area contributed by atoms with Gasteiger partial charge in [0.2, 0.25) is 5.91 Å². The zero-order valence-corrected chi connectivity index (χ0v) is 16.1. The lowest BCUT2D eigenvalue weighted by Gasteiger charge is -2.11. The van der Waals surface area contributed by atoms with Gasteiger partial charge in [0, 0.05) is 18.5 Å². The first kappa shape index (κ1) is 18.9. The highest BCUT2D eigenvalue weighted by Gasteiger charge is 2.13. The number of carbonyl (C=O) groups is 1. The Balaban J connectivity index is 1.67. The van der Waals surface area contributed by atoms with Gasteiger partial charge in [-0.15, -0.1) is 0 Å². The monoisotopic (exact) mass is 385 g/mol. The smallest absolute Gasteiger partial charge is 0.243 e. The third-order valence-electron chi connectivity index (χ3n) is 5.07. The van der Waals surface area contributed by atoms with E-state index in [2.05, 4.69) is 47.0 Å². The molecule has 4 aromatic rings. The van der Waals surface area contributed by atoms with Crippen LogP contribution in [0.15, 0.2) is 78.9 Å². The normalized spacial score (nSPS) is 10.9. The van der Waals surface area contributed by atoms with Gasteiger partial charge in [0.15, 0.2) is 0 Å². The molecular weight excluding hydrogens is 362 g/mol. The summed E-state index contributed by atoms with van der Waals surface area (Å²) in [5, 5.41) is 8.70. The molecule has 0 radical (unpaired) electrons. The number of rotatable bonds is 7. The Hall–Kier alpha value is -3.44. The van der Waals surface area contributed by atoms with Crippen LogP contribution in [0.3, 0.4) is 0 Å². The maximum absolute atomic E-state index is 11.4. The fraction of sp³-hybridized carbons (Fsp3) is 0.167. The summed E-state index contributed by atoms with van der Waals surface area (Å²) in [6, 6.07) is 26.7. The summed E-state index contributed by atoms with van der Waals surface area (Å²) in [7, 11) is 0. The highest BCUT2D eigenvalue weighted by atomic mass is 16.5. The second kappa shape index (κ2) is 8.71. The molecule has 2 N–H and O–H groups in total. The van der Waals surface area contributed by atoms with Crippen molar-refractivity contribution in [3.05, 3.63) is 90.0 Å². The number of nitrogens with zero attached hydrogens (tertiary/aromatic N) is 2. The van der Waals surface area contributed by atoms with Crippen molar-refractivity contribution in [1.29, 1.82) is 0 Å². The van der Waals surface area contributed by atoms with Gasteiger partial charge in [0.25, 0.3) is 0 Å². The molecule has 29 heavy (non-hydrogen) atoms. The molecule has 0 atom stereocenters. The molecule has 5 heteroatoms. The molecule has 5 nitrogen and oxygen atoms in total. The van der Waals surface area contributed by atoms with Gasteiger partial charge in [0.05, 0.1) is 11.0 Å². The van der Waals surface area contributed by atoms with Crippen LogP contribution in [0.1, 0.15) is 17.5 Å². The first-order chi connectivity index (χ1) is 14.2. The summed E-state index contributed by atoms with van der Waals surface area (Å²) in [4.78, 5) is 16.2. The minimum atomic E-state index is -0.384. The third kappa shape index (κ3) is 4.36. The number of hydroxylamine groups is 1. The van der Waals surface area contributed by atoms with Gasteiger partial charge < -0.3 is 4.57 Å². The highest BCUT2D eigenvalue weighted by molar-refractivity contribution is 5.80. The number of imidazole rings is 1. The molecular formula is C24H23N3O2. The lowest BCUT2D eigenvalue weighted by molar-refractivity contribution is -0.129. The molecule has 1 amide bonds. The van der Waals surface area contributed by atoms with Crippen LogP contribution in [-0.2, 0) is 24.2 Å². The average molecular weight is 385 g/mol. The molecule has 0 aliphatic rings. The van der Waals surface area contributed by atoms with Crippen LogP contribution in [0.25, 0.3) is 22.4 Å². The maximum atomic E-state index is 11.4. The van der Waals surface area contributed by atoms with Gasteiger partial charge in [0.1, 0.15) is 5.82 Å². The summed E-state index contributed by atoms with van der Waals surface area (Å²) in [6.07, 6.45) is 1.72. The molecule has 1 heterocycles. The van der Waals surface area contributed by atoms with Crippen molar-refractivity contribution < 1.29 is 10.0 Å². The van der Waals surface area contributed by atoms with E-state index >= 15 is 0 Å². The molecule has 3 aromatic carbocycles. The van der Waals surface area contributed by atoms with Crippen LogP contribution in [0.5, 0.6) is 0 Å². The molecule has 0 fully saturated rings. The molecule has 4 rings (SSSR count). The van der Waals surface area contributed by atoms with Gasteiger partial charge in [-0.1, -0.05) is 60.7 Å². The molecule has 0 spiro atoms. The van der Waals surface area contributed by atoms with E-state index in [9.17, 15) is 4.79 Å². The van der Waals surface area contributed by atoms with E-state index in [4.69, 9.17) is 10.2 Å². The van der Waals surface area contributed by atoms with Crippen LogP contribution in [-0.4, -0.2) is 20.7 Å². The zero-order valence-electron chi connectivity index (χ0n) is 16.1. The van der Waals surface area contributed by atoms with E-state index in [-0.39, 0.29) is 12.3 Å². The maximum Gasteiger partial charge on any atom is 0.243 e. The zero-order chi connectivity index (χ0) is 20.1. The minimum Gasteiger partial charge on any atom is -0.324 e. The van der Waals surface area contributed by atoms with E-state index < -0.39 is 0 Å². The molecule has 0 aliphatic heterocycles. The summed E-state index contributed by atoms with van der Waals surface area (Å²) in [5.74, 6) is 0.543. The Morgan fingerprint density at radius 3 is 2.48 bits per heavy atom. The number of amides is 1. The number of carbonyl (C=O) groups excluding carboxylic acids is 1. The molecule has 0 saturated carbocycles. The highest BCUT2D eigenvalue weighted by Crippen LogP contribution is 2.26. The molecule has 1 aromatic heterocycles. The molecule has 146 valence electrons. The largest absolute Gasteiger partial charge is 0.324 e. The van der Waals surface area contributed by atoms with Crippen LogP contribution >= 0.6 is 0 Å². The minimum absolute atomic E-state index is 0.240. The van der Waals surface area contributed by atoms with Crippen LogP contribution in [0.2, 0.25) is 0 Å². The van der Waals surface area contributed by atoms with E-state index in [0.29, 0.717) is 6.42 Å². The van der Waals surface area contributed by atoms with E-state index in [1.54, 1.807) is 5.48 Å². The van der Waals surface area contributed by atoms with E-state index in [1.807, 2.05) is 36.4 Å². The number of hydrogen-bond donors (Lipinski definition) is 2. The number of hydrogen-bond acceptors (Lipinski definition) is 3. The lowest BCUT2D eigenvalue weighted by atomic mass is 10.1. The Labute approximate surface area is 169 Å². The van der Waals surface area contributed by atoms with E-state index in [0.717, 1.165) is 41.0 Å². The number of fused-ring (bicyclic) bond motifs is 1. The van der Waals surface area contributed by atoms with Crippen LogP contribution in [0, 0.1) is 0 Å². The van der Waals surface area contributed by atoms with Gasteiger partial charge in [-0.05, 0) is 42.2 Å². The summed E-state index contributed by atoms with van der Waals surface area (Å²) in [6.45, 7) is 0.830. The topological polar surface area (TPSA) is 67.2 Å². The molecule has 0 unspecified atom stereocenters. The molecule has 0 aliphatic carbocycles. The molecule has 0 bridgehead atoms. The van der Waals surface area contributed by atoms with Crippen molar-refractivity contribution in [3.8, 4) is 11.4 Å². The second-order valence-corrected chi connectivity index (χ2v) is 7.05. The van der Waals surface area contributed by atoms with Gasteiger partial charge >= 0.3 is 0 Å². The van der Waals surface area contributed by atoms with Crippen LogP contribution in [0.4, 0.5) is 0 Å². The molecule has 0 saturated heterocycles. The van der Waals surface area contributed by atoms with E-state index in [1.165, 1.54) is 5.56 Å². The Bertz CT molecular complexity index is 1120. The van der Waals surface area contributed by atoms with Crippen molar-refractivity contribution in [2.24, 2.45) is 0 Å². The first-order valence-electron chi connectivity index (χ1n) is 9.76. The predicted octanol–water partition coefficient (Wildman–Crippen LogP) is 4.38. The average Bonchev–Trinajstić information content (AvgIpc) is 3.15. The van der Waals surface area contributed by atoms with Gasteiger partial charge in [-0.3, -0.25) is 10.0 Å². The lowest BCUT2D eigenvalue weighted by Crippen LogP contribution is -2.18. The SMILES string of the molecule is O=C(CCc1cccc(-c2nc3ccccc3n2CCc2ccccc2)c1)NO. The van der Waals surface area contributed by atoms with Crippen molar-refractivity contribution in [3.63, 3.8) is 0 Å². The van der Waals surface area contributed by atoms with Crippen molar-refractivity contribution in [2.45, 2.75) is 25.8 Å². The summed E-state index contributed by atoms with van der Waals surface area (Å²) < 4.78 is 2.27. The first-order valence-corrected chi connectivity index (χ1v) is 9.76. The Morgan fingerprint density at radius 2 is 1.66 bits per heavy atom. The number of para-hydroxylation sites is 2. The van der Waals surface area contributed by atoms with Crippen molar-refractivity contribution in [2.75, 3.05) is 0 Å². The van der Waals surface area contributed by atoms with Crippen LogP contribution < -0.4 is 5.48 Å². The summed E-state index contributed by atoms with van der Waals surface area (Å²) >= 11 is 0. The second-order valence-electron chi connectivity index (χ2n) is 7.05.